The van der Waals surface area contributed by atoms with Crippen molar-refractivity contribution in [1.82, 2.24) is 0 Å². The Balaban J connectivity index is 1.51. The van der Waals surface area contributed by atoms with Gasteiger partial charge in [0.15, 0.2) is 5.75 Å². The van der Waals surface area contributed by atoms with Gasteiger partial charge in [-0.2, -0.15) is 4.57 Å². The Morgan fingerprint density at radius 2 is 1.66 bits per heavy atom. The van der Waals surface area contributed by atoms with Crippen molar-refractivity contribution >= 4 is 65.2 Å². The van der Waals surface area contributed by atoms with Crippen LogP contribution in [0.25, 0.3) is 27.4 Å². The first-order chi connectivity index (χ1) is 14.0. The molecule has 2 heterocycles. The number of ether oxygens (including phenoxy) is 1. The van der Waals surface area contributed by atoms with Crippen LogP contribution in [0.1, 0.15) is 5.01 Å². The Hall–Kier alpha value is -2.15. The second kappa shape index (κ2) is 7.27. The van der Waals surface area contributed by atoms with E-state index in [1.54, 1.807) is 11.3 Å². The quantitative estimate of drug-likeness (QED) is 0.268. The molecule has 0 amide bonds. The third-order valence-corrected chi connectivity index (χ3v) is 7.31. The Morgan fingerprint density at radius 3 is 2.45 bits per heavy atom. The van der Waals surface area contributed by atoms with Crippen molar-refractivity contribution in [1.29, 1.82) is 0 Å². The first-order valence-corrected chi connectivity index (χ1v) is 11.5. The van der Waals surface area contributed by atoms with E-state index in [-0.39, 0.29) is 0 Å². The van der Waals surface area contributed by atoms with Crippen LogP contribution in [-0.4, -0.2) is 7.05 Å². The first kappa shape index (κ1) is 18.9. The summed E-state index contributed by atoms with van der Waals surface area (Å²) in [7, 11) is 4.14. The lowest BCUT2D eigenvalue weighted by atomic mass is 10.0. The summed E-state index contributed by atoms with van der Waals surface area (Å²) in [5.41, 5.74) is 4.63. The van der Waals surface area contributed by atoms with Crippen molar-refractivity contribution < 1.29 is 9.30 Å². The zero-order valence-corrected chi connectivity index (χ0v) is 19.8. The maximum absolute atomic E-state index is 6.17. The minimum absolute atomic E-state index is 0.828. The summed E-state index contributed by atoms with van der Waals surface area (Å²) in [6.45, 7) is 0. The van der Waals surface area contributed by atoms with Gasteiger partial charge in [-0.05, 0) is 47.5 Å². The summed E-state index contributed by atoms with van der Waals surface area (Å²) in [5.74, 6) is 1.71. The van der Waals surface area contributed by atoms with Gasteiger partial charge in [0.05, 0.1) is 11.8 Å². The van der Waals surface area contributed by atoms with Gasteiger partial charge in [0.2, 0.25) is 11.4 Å². The maximum atomic E-state index is 6.17. The molecule has 29 heavy (non-hydrogen) atoms. The van der Waals surface area contributed by atoms with Crippen LogP contribution in [0.15, 0.2) is 75.5 Å². The lowest BCUT2D eigenvalue weighted by Crippen LogP contribution is -2.29. The van der Waals surface area contributed by atoms with Gasteiger partial charge in [0, 0.05) is 22.1 Å². The second-order valence-electron chi connectivity index (χ2n) is 6.94. The van der Waals surface area contributed by atoms with Gasteiger partial charge >= 0.3 is 0 Å². The number of nitrogens with zero attached hydrogens (tertiary/aromatic N) is 2. The molecule has 3 nitrogen and oxygen atoms in total. The lowest BCUT2D eigenvalue weighted by Gasteiger charge is -2.11. The summed E-state index contributed by atoms with van der Waals surface area (Å²) in [6, 6.07) is 21.1. The van der Waals surface area contributed by atoms with Crippen molar-refractivity contribution in [2.24, 2.45) is 7.05 Å². The van der Waals surface area contributed by atoms with Gasteiger partial charge in [-0.1, -0.05) is 61.4 Å². The number of benzene rings is 3. The topological polar surface area (TPSA) is 16.4 Å². The average molecular weight is 529 g/mol. The zero-order chi connectivity index (χ0) is 20.1. The maximum Gasteiger partial charge on any atom is 0.267 e. The molecule has 1 aliphatic rings. The zero-order valence-electron chi connectivity index (χ0n) is 15.8. The Morgan fingerprint density at radius 1 is 0.931 bits per heavy atom. The fraction of sp³-hybridized carbons (Fsp3) is 0.0870. The number of aryl methyl sites for hydroxylation is 1. The van der Waals surface area contributed by atoms with Gasteiger partial charge < -0.3 is 9.64 Å². The first-order valence-electron chi connectivity index (χ1n) is 9.11. The molecule has 0 fully saturated rings. The highest BCUT2D eigenvalue weighted by atomic mass is 79.9. The van der Waals surface area contributed by atoms with E-state index in [4.69, 9.17) is 4.74 Å². The monoisotopic (exact) mass is 527 g/mol. The molecule has 144 valence electrons. The average Bonchev–Trinajstić information content (AvgIpc) is 3.19. The smallest absolute Gasteiger partial charge is 0.267 e. The van der Waals surface area contributed by atoms with E-state index in [2.05, 4.69) is 109 Å². The van der Waals surface area contributed by atoms with Gasteiger partial charge in [0.25, 0.3) is 5.01 Å². The number of rotatable bonds is 2. The lowest BCUT2D eigenvalue weighted by molar-refractivity contribution is -0.642. The molecule has 0 saturated heterocycles. The highest BCUT2D eigenvalue weighted by Crippen LogP contribution is 2.41. The molecule has 1 aromatic heterocycles. The Labute approximate surface area is 190 Å². The molecule has 1 aliphatic heterocycles. The standard InChI is InChI=1S/C23H17Br2N2OS/c1-26-18-11-15(14-3-6-16(24)7-4-14)5-9-20(18)28-22(26)13-23-27(2)19-12-17(25)8-10-21(19)29-23/h3-13H,1-2H3/q+1. The van der Waals surface area contributed by atoms with Crippen LogP contribution in [0.3, 0.4) is 0 Å². The summed E-state index contributed by atoms with van der Waals surface area (Å²) in [5, 5.41) is 1.14. The van der Waals surface area contributed by atoms with Crippen molar-refractivity contribution in [3.8, 4) is 16.9 Å². The van der Waals surface area contributed by atoms with E-state index in [0.717, 1.165) is 31.3 Å². The third-order valence-electron chi connectivity index (χ3n) is 5.12. The third kappa shape index (κ3) is 3.39. The van der Waals surface area contributed by atoms with Crippen LogP contribution >= 0.6 is 43.2 Å². The molecule has 0 saturated carbocycles. The molecule has 0 bridgehead atoms. The Kier molecular flexibility index (Phi) is 4.73. The number of halogens is 2. The number of hydrogen-bond acceptors (Lipinski definition) is 3. The van der Waals surface area contributed by atoms with Gasteiger partial charge in [-0.15, -0.1) is 0 Å². The molecule has 5 rings (SSSR count). The largest absolute Gasteiger partial charge is 0.438 e. The predicted octanol–water partition coefficient (Wildman–Crippen LogP) is 6.75. The molecule has 4 aromatic rings. The molecule has 6 heteroatoms. The van der Waals surface area contributed by atoms with E-state index in [9.17, 15) is 0 Å². The summed E-state index contributed by atoms with van der Waals surface area (Å²) < 4.78 is 11.8. The molecule has 0 spiro atoms. The molecular weight excluding hydrogens is 512 g/mol. The Bertz CT molecular complexity index is 1280. The second-order valence-corrected chi connectivity index (χ2v) is 9.84. The molecule has 0 atom stereocenters. The van der Waals surface area contributed by atoms with Gasteiger partial charge in [0.1, 0.15) is 11.7 Å². The van der Waals surface area contributed by atoms with Crippen molar-refractivity contribution in [2.75, 3.05) is 11.9 Å². The minimum atomic E-state index is 0.828. The number of fused-ring (bicyclic) bond motifs is 2. The normalized spacial score (nSPS) is 14.5. The van der Waals surface area contributed by atoms with E-state index >= 15 is 0 Å². The van der Waals surface area contributed by atoms with Crippen molar-refractivity contribution in [2.45, 2.75) is 0 Å². The van der Waals surface area contributed by atoms with Crippen LogP contribution in [-0.2, 0) is 7.05 Å². The van der Waals surface area contributed by atoms with Crippen LogP contribution in [0.4, 0.5) is 5.69 Å². The fourth-order valence-corrected chi connectivity index (χ4v) is 5.15. The summed E-state index contributed by atoms with van der Waals surface area (Å²) in [4.78, 5) is 2.11. The van der Waals surface area contributed by atoms with E-state index < -0.39 is 0 Å². The highest BCUT2D eigenvalue weighted by molar-refractivity contribution is 9.10. The fourth-order valence-electron chi connectivity index (χ4n) is 3.48. The van der Waals surface area contributed by atoms with Crippen LogP contribution < -0.4 is 14.2 Å². The van der Waals surface area contributed by atoms with E-state index in [0.29, 0.717) is 0 Å². The van der Waals surface area contributed by atoms with Gasteiger partial charge in [-0.25, -0.2) is 0 Å². The SMILES string of the molecule is CN1/C(=C/c2sc3ccc(Br)cc3[n+]2C)Oc2ccc(-c3ccc(Br)cc3)cc21. The van der Waals surface area contributed by atoms with E-state index in [1.807, 2.05) is 13.1 Å². The summed E-state index contributed by atoms with van der Waals surface area (Å²) in [6.07, 6.45) is 2.11. The van der Waals surface area contributed by atoms with Crippen LogP contribution in [0, 0.1) is 0 Å². The predicted molar refractivity (Wildman–Crippen MR) is 127 cm³/mol. The molecular formula is C23H17Br2N2OS+. The molecule has 0 radical (unpaired) electrons. The molecule has 0 aliphatic carbocycles. The molecule has 0 N–H and O–H groups in total. The highest BCUT2D eigenvalue weighted by Gasteiger charge is 2.26. The number of hydrogen-bond donors (Lipinski definition) is 0. The summed E-state index contributed by atoms with van der Waals surface area (Å²) >= 11 is 8.82. The van der Waals surface area contributed by atoms with Gasteiger partial charge in [-0.3, -0.25) is 0 Å². The number of anilines is 1. The van der Waals surface area contributed by atoms with Crippen molar-refractivity contribution in [3.63, 3.8) is 0 Å². The van der Waals surface area contributed by atoms with Crippen molar-refractivity contribution in [3.05, 3.63) is 80.5 Å². The number of aromatic nitrogens is 1. The number of thiazole rings is 1. The van der Waals surface area contributed by atoms with Crippen LogP contribution in [0.2, 0.25) is 0 Å². The van der Waals surface area contributed by atoms with E-state index in [1.165, 1.54) is 21.3 Å². The molecule has 3 aromatic carbocycles. The van der Waals surface area contributed by atoms with Crippen LogP contribution in [0.5, 0.6) is 5.75 Å². The molecule has 0 unspecified atom stereocenters. The minimum Gasteiger partial charge on any atom is -0.438 e.